The van der Waals surface area contributed by atoms with Crippen molar-refractivity contribution in [3.05, 3.63) is 46.2 Å². The van der Waals surface area contributed by atoms with Crippen LogP contribution in [0.3, 0.4) is 0 Å². The SMILES string of the molecule is Nc1ccc2c(c1)CC(=O)N2CCc1cccs1. The number of amides is 1. The highest BCUT2D eigenvalue weighted by atomic mass is 32.1. The number of nitrogens with two attached hydrogens (primary N) is 1. The van der Waals surface area contributed by atoms with Crippen molar-refractivity contribution < 1.29 is 4.79 Å². The molecular formula is C14H14N2OS. The second-order valence-corrected chi connectivity index (χ2v) is 5.47. The molecule has 0 atom stereocenters. The van der Waals surface area contributed by atoms with Gasteiger partial charge in [0.15, 0.2) is 0 Å². The highest BCUT2D eigenvalue weighted by molar-refractivity contribution is 7.09. The molecule has 2 heterocycles. The molecule has 1 aliphatic heterocycles. The van der Waals surface area contributed by atoms with Crippen molar-refractivity contribution in [1.29, 1.82) is 0 Å². The van der Waals surface area contributed by atoms with E-state index in [4.69, 9.17) is 5.73 Å². The number of fused-ring (bicyclic) bond motifs is 1. The lowest BCUT2D eigenvalue weighted by Gasteiger charge is -2.17. The molecule has 18 heavy (non-hydrogen) atoms. The Bertz CT molecular complexity index is 577. The Morgan fingerprint density at radius 3 is 3.00 bits per heavy atom. The number of thiophene rings is 1. The van der Waals surface area contributed by atoms with E-state index in [1.807, 2.05) is 29.2 Å². The van der Waals surface area contributed by atoms with Gasteiger partial charge in [0.2, 0.25) is 5.91 Å². The Kier molecular flexibility index (Phi) is 2.80. The smallest absolute Gasteiger partial charge is 0.231 e. The number of nitrogens with zero attached hydrogens (tertiary/aromatic N) is 1. The second-order valence-electron chi connectivity index (χ2n) is 4.44. The van der Waals surface area contributed by atoms with Gasteiger partial charge < -0.3 is 10.6 Å². The fourth-order valence-electron chi connectivity index (χ4n) is 2.33. The van der Waals surface area contributed by atoms with Crippen molar-refractivity contribution in [3.63, 3.8) is 0 Å². The summed E-state index contributed by atoms with van der Waals surface area (Å²) in [6.07, 6.45) is 1.39. The monoisotopic (exact) mass is 258 g/mol. The summed E-state index contributed by atoms with van der Waals surface area (Å²) in [5, 5.41) is 2.07. The highest BCUT2D eigenvalue weighted by Crippen LogP contribution is 2.30. The molecule has 3 rings (SSSR count). The lowest BCUT2D eigenvalue weighted by atomic mass is 10.1. The van der Waals surface area contributed by atoms with Crippen LogP contribution in [0.5, 0.6) is 0 Å². The second kappa shape index (κ2) is 4.46. The molecule has 1 aliphatic rings. The first-order valence-corrected chi connectivity index (χ1v) is 6.83. The molecular weight excluding hydrogens is 244 g/mol. The molecule has 2 aromatic rings. The standard InChI is InChI=1S/C14H14N2OS/c15-11-3-4-13-10(8-11)9-14(17)16(13)6-5-12-2-1-7-18-12/h1-4,7-8H,5-6,9,15H2. The van der Waals surface area contributed by atoms with Crippen LogP contribution in [0.4, 0.5) is 11.4 Å². The van der Waals surface area contributed by atoms with E-state index in [2.05, 4.69) is 11.4 Å². The molecule has 1 aromatic heterocycles. The lowest BCUT2D eigenvalue weighted by molar-refractivity contribution is -0.117. The van der Waals surface area contributed by atoms with E-state index in [0.29, 0.717) is 6.42 Å². The Balaban J connectivity index is 1.79. The van der Waals surface area contributed by atoms with Crippen LogP contribution in [0.2, 0.25) is 0 Å². The van der Waals surface area contributed by atoms with Crippen LogP contribution in [0, 0.1) is 0 Å². The van der Waals surface area contributed by atoms with Crippen LogP contribution < -0.4 is 10.6 Å². The highest BCUT2D eigenvalue weighted by Gasteiger charge is 2.26. The minimum absolute atomic E-state index is 0.173. The molecule has 1 amide bonds. The molecule has 0 aliphatic carbocycles. The number of benzene rings is 1. The summed E-state index contributed by atoms with van der Waals surface area (Å²) in [4.78, 5) is 15.2. The molecule has 0 fully saturated rings. The first-order chi connectivity index (χ1) is 8.74. The van der Waals surface area contributed by atoms with Gasteiger partial charge in [-0.1, -0.05) is 6.07 Å². The van der Waals surface area contributed by atoms with Crippen LogP contribution in [0.1, 0.15) is 10.4 Å². The summed E-state index contributed by atoms with van der Waals surface area (Å²) in [5.41, 5.74) is 8.54. The summed E-state index contributed by atoms with van der Waals surface area (Å²) in [7, 11) is 0. The molecule has 0 spiro atoms. The number of anilines is 2. The van der Waals surface area contributed by atoms with Crippen molar-refractivity contribution >= 4 is 28.6 Å². The molecule has 3 nitrogen and oxygen atoms in total. The lowest BCUT2D eigenvalue weighted by Crippen LogP contribution is -2.28. The maximum absolute atomic E-state index is 12.0. The predicted molar refractivity (Wildman–Crippen MR) is 74.9 cm³/mol. The summed E-state index contributed by atoms with van der Waals surface area (Å²) in [5.74, 6) is 0.173. The van der Waals surface area contributed by atoms with Gasteiger partial charge in [-0.25, -0.2) is 0 Å². The number of carbonyl (C=O) groups is 1. The third-order valence-electron chi connectivity index (χ3n) is 3.20. The number of nitrogen functional groups attached to an aromatic ring is 1. The van der Waals surface area contributed by atoms with Gasteiger partial charge in [-0.2, -0.15) is 0 Å². The van der Waals surface area contributed by atoms with E-state index in [1.54, 1.807) is 11.3 Å². The average Bonchev–Trinajstić information content (AvgIpc) is 2.93. The third kappa shape index (κ3) is 1.99. The molecule has 2 N–H and O–H groups in total. The minimum atomic E-state index is 0.173. The Labute approximate surface area is 110 Å². The fraction of sp³-hybridized carbons (Fsp3) is 0.214. The number of carbonyl (C=O) groups excluding carboxylic acids is 1. The van der Waals surface area contributed by atoms with E-state index in [9.17, 15) is 4.79 Å². The molecule has 1 aromatic carbocycles. The van der Waals surface area contributed by atoms with Gasteiger partial charge in [0.1, 0.15) is 0 Å². The minimum Gasteiger partial charge on any atom is -0.399 e. The number of rotatable bonds is 3. The maximum Gasteiger partial charge on any atom is 0.231 e. The van der Waals surface area contributed by atoms with E-state index >= 15 is 0 Å². The quantitative estimate of drug-likeness (QED) is 0.860. The van der Waals surface area contributed by atoms with Crippen LogP contribution >= 0.6 is 11.3 Å². The molecule has 0 unspecified atom stereocenters. The average molecular weight is 258 g/mol. The third-order valence-corrected chi connectivity index (χ3v) is 4.14. The molecule has 0 bridgehead atoms. The van der Waals surface area contributed by atoms with Gasteiger partial charge in [-0.05, 0) is 41.6 Å². The zero-order chi connectivity index (χ0) is 12.5. The Hall–Kier alpha value is -1.81. The first kappa shape index (κ1) is 11.3. The van der Waals surface area contributed by atoms with Gasteiger partial charge in [0.05, 0.1) is 6.42 Å². The number of hydrogen-bond donors (Lipinski definition) is 1. The summed E-state index contributed by atoms with van der Waals surface area (Å²) < 4.78 is 0. The Morgan fingerprint density at radius 1 is 1.33 bits per heavy atom. The van der Waals surface area contributed by atoms with Crippen molar-refractivity contribution in [2.75, 3.05) is 17.2 Å². The van der Waals surface area contributed by atoms with Gasteiger partial charge in [-0.15, -0.1) is 11.3 Å². The topological polar surface area (TPSA) is 46.3 Å². The van der Waals surface area contributed by atoms with E-state index in [1.165, 1.54) is 4.88 Å². The maximum atomic E-state index is 12.0. The summed E-state index contributed by atoms with van der Waals surface area (Å²) in [6, 6.07) is 9.85. The molecule has 4 heteroatoms. The number of hydrogen-bond acceptors (Lipinski definition) is 3. The van der Waals surface area contributed by atoms with Gasteiger partial charge >= 0.3 is 0 Å². The predicted octanol–water partition coefficient (Wildman–Crippen LogP) is 2.46. The molecule has 92 valence electrons. The van der Waals surface area contributed by atoms with Crippen LogP contribution in [0.15, 0.2) is 35.7 Å². The largest absolute Gasteiger partial charge is 0.399 e. The van der Waals surface area contributed by atoms with E-state index in [-0.39, 0.29) is 5.91 Å². The molecule has 0 saturated carbocycles. The van der Waals surface area contributed by atoms with Gasteiger partial charge in [0.25, 0.3) is 0 Å². The van der Waals surface area contributed by atoms with E-state index < -0.39 is 0 Å². The summed E-state index contributed by atoms with van der Waals surface area (Å²) in [6.45, 7) is 0.746. The molecule has 0 saturated heterocycles. The zero-order valence-corrected chi connectivity index (χ0v) is 10.7. The zero-order valence-electron chi connectivity index (χ0n) is 9.93. The van der Waals surface area contributed by atoms with Crippen molar-refractivity contribution in [2.45, 2.75) is 12.8 Å². The Morgan fingerprint density at radius 2 is 2.22 bits per heavy atom. The normalized spacial score (nSPS) is 14.0. The van der Waals surface area contributed by atoms with Crippen molar-refractivity contribution in [3.8, 4) is 0 Å². The first-order valence-electron chi connectivity index (χ1n) is 5.95. The molecule has 0 radical (unpaired) electrons. The van der Waals surface area contributed by atoms with Crippen molar-refractivity contribution in [1.82, 2.24) is 0 Å². The van der Waals surface area contributed by atoms with E-state index in [0.717, 1.165) is 29.9 Å². The van der Waals surface area contributed by atoms with Crippen molar-refractivity contribution in [2.24, 2.45) is 0 Å². The summed E-state index contributed by atoms with van der Waals surface area (Å²) >= 11 is 1.73. The van der Waals surface area contributed by atoms with Crippen LogP contribution in [-0.4, -0.2) is 12.5 Å². The van der Waals surface area contributed by atoms with Gasteiger partial charge in [-0.3, -0.25) is 4.79 Å². The van der Waals surface area contributed by atoms with Crippen LogP contribution in [0.25, 0.3) is 0 Å². The van der Waals surface area contributed by atoms with Crippen LogP contribution in [-0.2, 0) is 17.6 Å². The van der Waals surface area contributed by atoms with Gasteiger partial charge in [0, 0.05) is 22.8 Å². The fourth-order valence-corrected chi connectivity index (χ4v) is 3.02.